The van der Waals surface area contributed by atoms with Gasteiger partial charge in [-0.1, -0.05) is 50.7 Å². The van der Waals surface area contributed by atoms with Crippen LogP contribution in [0.4, 0.5) is 5.82 Å². The number of para-hydroxylation sites is 1. The molecule has 31 heavy (non-hydrogen) atoms. The van der Waals surface area contributed by atoms with Gasteiger partial charge >= 0.3 is 0 Å². The van der Waals surface area contributed by atoms with E-state index in [1.54, 1.807) is 22.6 Å². The third kappa shape index (κ3) is 6.33. The zero-order valence-corrected chi connectivity index (χ0v) is 19.3. The summed E-state index contributed by atoms with van der Waals surface area (Å²) >= 11 is 1.62. The second-order valence-electron chi connectivity index (χ2n) is 7.46. The van der Waals surface area contributed by atoms with Crippen LogP contribution in [-0.2, 0) is 11.3 Å². The average Bonchev–Trinajstić information content (AvgIpc) is 3.14. The molecule has 0 atom stereocenters. The van der Waals surface area contributed by atoms with Crippen molar-refractivity contribution >= 4 is 34.5 Å². The van der Waals surface area contributed by atoms with Crippen molar-refractivity contribution in [2.75, 3.05) is 25.0 Å². The van der Waals surface area contributed by atoms with Gasteiger partial charge in [-0.2, -0.15) is 5.10 Å². The number of thioether (sulfide) groups is 1. The summed E-state index contributed by atoms with van der Waals surface area (Å²) < 4.78 is 7.40. The van der Waals surface area contributed by atoms with Gasteiger partial charge in [-0.15, -0.1) is 0 Å². The quantitative estimate of drug-likeness (QED) is 0.346. The topological polar surface area (TPSA) is 94.0 Å². The third-order valence-corrected chi connectivity index (χ3v) is 5.32. The van der Waals surface area contributed by atoms with E-state index in [0.29, 0.717) is 18.3 Å². The standard InChI is InChI=1S/C22H30N6O2S/c1-5-10-24-20-17-13-25-28(21(17)27-22(26-20)31-15(2)3)12-11-23-19(29)14-30-18-9-7-6-8-16(18)4/h6-9,13,15H,5,10-12,14H2,1-4H3,(H,23,29)(H,24,26,27). The predicted molar refractivity (Wildman–Crippen MR) is 125 cm³/mol. The molecule has 0 fully saturated rings. The van der Waals surface area contributed by atoms with E-state index in [9.17, 15) is 4.79 Å². The number of anilines is 1. The van der Waals surface area contributed by atoms with E-state index < -0.39 is 0 Å². The SMILES string of the molecule is CCCNc1nc(SC(C)C)nc2c1cnn2CCNC(=O)COc1ccccc1C. The number of fused-ring (bicyclic) bond motifs is 1. The zero-order valence-electron chi connectivity index (χ0n) is 18.5. The number of ether oxygens (including phenoxy) is 1. The molecule has 166 valence electrons. The Kier molecular flexibility index (Phi) is 8.11. The Hall–Kier alpha value is -2.81. The lowest BCUT2D eigenvalue weighted by atomic mass is 10.2. The number of aryl methyl sites for hydroxylation is 1. The van der Waals surface area contributed by atoms with Gasteiger partial charge < -0.3 is 15.4 Å². The first-order valence-electron chi connectivity index (χ1n) is 10.6. The summed E-state index contributed by atoms with van der Waals surface area (Å²) in [5.41, 5.74) is 1.77. The van der Waals surface area contributed by atoms with Gasteiger partial charge in [-0.3, -0.25) is 4.79 Å². The molecule has 0 bridgehead atoms. The number of nitrogens with one attached hydrogen (secondary N) is 2. The van der Waals surface area contributed by atoms with Crippen LogP contribution in [0.2, 0.25) is 0 Å². The number of benzene rings is 1. The molecule has 2 aromatic heterocycles. The van der Waals surface area contributed by atoms with E-state index in [0.717, 1.165) is 46.3 Å². The summed E-state index contributed by atoms with van der Waals surface area (Å²) in [6.45, 7) is 10.0. The Balaban J connectivity index is 1.63. The van der Waals surface area contributed by atoms with Crippen LogP contribution < -0.4 is 15.4 Å². The first-order chi connectivity index (χ1) is 15.0. The maximum Gasteiger partial charge on any atom is 0.258 e. The highest BCUT2D eigenvalue weighted by molar-refractivity contribution is 7.99. The van der Waals surface area contributed by atoms with E-state index in [-0.39, 0.29) is 12.5 Å². The predicted octanol–water partition coefficient (Wildman–Crippen LogP) is 3.65. The van der Waals surface area contributed by atoms with Gasteiger partial charge in [-0.05, 0) is 25.0 Å². The number of amides is 1. The average molecular weight is 443 g/mol. The highest BCUT2D eigenvalue weighted by Gasteiger charge is 2.14. The molecular weight excluding hydrogens is 412 g/mol. The van der Waals surface area contributed by atoms with E-state index >= 15 is 0 Å². The molecule has 2 N–H and O–H groups in total. The van der Waals surface area contributed by atoms with E-state index in [4.69, 9.17) is 9.72 Å². The molecule has 0 aliphatic heterocycles. The summed E-state index contributed by atoms with van der Waals surface area (Å²) in [6.07, 6.45) is 2.78. The first kappa shape index (κ1) is 22.9. The van der Waals surface area contributed by atoms with Crippen molar-refractivity contribution in [1.29, 1.82) is 0 Å². The number of rotatable bonds is 11. The van der Waals surface area contributed by atoms with Gasteiger partial charge in [0.25, 0.3) is 5.91 Å². The fourth-order valence-electron chi connectivity index (χ4n) is 2.95. The molecule has 1 aromatic carbocycles. The van der Waals surface area contributed by atoms with Gasteiger partial charge in [0.2, 0.25) is 0 Å². The second-order valence-corrected chi connectivity index (χ2v) is 9.00. The van der Waals surface area contributed by atoms with Crippen LogP contribution in [0.1, 0.15) is 32.8 Å². The van der Waals surface area contributed by atoms with Crippen molar-refractivity contribution < 1.29 is 9.53 Å². The Labute approximate surface area is 187 Å². The number of carbonyl (C=O) groups excluding carboxylic acids is 1. The monoisotopic (exact) mass is 442 g/mol. The minimum atomic E-state index is -0.171. The van der Waals surface area contributed by atoms with Crippen LogP contribution in [0, 0.1) is 6.92 Å². The van der Waals surface area contributed by atoms with Crippen molar-refractivity contribution in [3.63, 3.8) is 0 Å². The van der Waals surface area contributed by atoms with Crippen molar-refractivity contribution in [3.05, 3.63) is 36.0 Å². The minimum Gasteiger partial charge on any atom is -0.484 e. The van der Waals surface area contributed by atoms with E-state index in [1.807, 2.05) is 31.2 Å². The van der Waals surface area contributed by atoms with Crippen LogP contribution >= 0.6 is 11.8 Å². The molecule has 0 saturated heterocycles. The molecule has 8 nitrogen and oxygen atoms in total. The molecule has 1 amide bonds. The molecule has 0 aliphatic carbocycles. The molecular formula is C22H30N6O2S. The molecule has 0 aliphatic rings. The van der Waals surface area contributed by atoms with Crippen molar-refractivity contribution in [2.45, 2.75) is 51.1 Å². The second kappa shape index (κ2) is 11.0. The lowest BCUT2D eigenvalue weighted by Crippen LogP contribution is -2.31. The lowest BCUT2D eigenvalue weighted by molar-refractivity contribution is -0.123. The molecule has 3 rings (SSSR count). The molecule has 9 heteroatoms. The van der Waals surface area contributed by atoms with Crippen molar-refractivity contribution in [2.24, 2.45) is 0 Å². The van der Waals surface area contributed by atoms with Crippen LogP contribution in [0.15, 0.2) is 35.6 Å². The highest BCUT2D eigenvalue weighted by atomic mass is 32.2. The van der Waals surface area contributed by atoms with Gasteiger partial charge in [0.1, 0.15) is 11.6 Å². The van der Waals surface area contributed by atoms with Crippen LogP contribution in [-0.4, -0.2) is 50.6 Å². The normalized spacial score (nSPS) is 11.1. The van der Waals surface area contributed by atoms with E-state index in [1.165, 1.54) is 0 Å². The number of aromatic nitrogens is 4. The van der Waals surface area contributed by atoms with Gasteiger partial charge in [0, 0.05) is 18.3 Å². The van der Waals surface area contributed by atoms with E-state index in [2.05, 4.69) is 41.5 Å². The molecule has 0 radical (unpaired) electrons. The number of hydrogen-bond donors (Lipinski definition) is 2. The number of nitrogens with zero attached hydrogens (tertiary/aromatic N) is 4. The number of hydrogen-bond acceptors (Lipinski definition) is 7. The first-order valence-corrected chi connectivity index (χ1v) is 11.4. The van der Waals surface area contributed by atoms with Crippen molar-refractivity contribution in [1.82, 2.24) is 25.1 Å². The number of carbonyl (C=O) groups is 1. The Morgan fingerprint density at radius 1 is 1.23 bits per heavy atom. The largest absolute Gasteiger partial charge is 0.484 e. The molecule has 2 heterocycles. The van der Waals surface area contributed by atoms with Crippen LogP contribution in [0.25, 0.3) is 11.0 Å². The lowest BCUT2D eigenvalue weighted by Gasteiger charge is -2.11. The summed E-state index contributed by atoms with van der Waals surface area (Å²) in [4.78, 5) is 21.5. The molecule has 0 spiro atoms. The molecule has 3 aromatic rings. The zero-order chi connectivity index (χ0) is 22.2. The summed E-state index contributed by atoms with van der Waals surface area (Å²) in [5.74, 6) is 1.35. The fourth-order valence-corrected chi connectivity index (χ4v) is 3.66. The maximum atomic E-state index is 12.2. The minimum absolute atomic E-state index is 0.0207. The third-order valence-electron chi connectivity index (χ3n) is 4.46. The summed E-state index contributed by atoms with van der Waals surface area (Å²) in [6, 6.07) is 7.64. The highest BCUT2D eigenvalue weighted by Crippen LogP contribution is 2.26. The van der Waals surface area contributed by atoms with Crippen LogP contribution in [0.3, 0.4) is 0 Å². The Morgan fingerprint density at radius 2 is 2.03 bits per heavy atom. The fraction of sp³-hybridized carbons (Fsp3) is 0.455. The molecule has 0 unspecified atom stereocenters. The van der Waals surface area contributed by atoms with Crippen LogP contribution in [0.5, 0.6) is 5.75 Å². The summed E-state index contributed by atoms with van der Waals surface area (Å²) in [7, 11) is 0. The smallest absolute Gasteiger partial charge is 0.258 e. The Morgan fingerprint density at radius 3 is 2.77 bits per heavy atom. The van der Waals surface area contributed by atoms with Crippen molar-refractivity contribution in [3.8, 4) is 5.75 Å². The van der Waals surface area contributed by atoms with Gasteiger partial charge in [0.05, 0.1) is 18.1 Å². The molecule has 0 saturated carbocycles. The Bertz CT molecular complexity index is 1020. The van der Waals surface area contributed by atoms with Gasteiger partial charge in [0.15, 0.2) is 17.4 Å². The maximum absolute atomic E-state index is 12.2. The van der Waals surface area contributed by atoms with Gasteiger partial charge in [-0.25, -0.2) is 14.6 Å². The summed E-state index contributed by atoms with van der Waals surface area (Å²) in [5, 5.41) is 12.7.